The third kappa shape index (κ3) is 2.51. The van der Waals surface area contributed by atoms with Crippen molar-refractivity contribution in [2.45, 2.75) is 0 Å². The van der Waals surface area contributed by atoms with Crippen molar-refractivity contribution in [3.63, 3.8) is 0 Å². The Labute approximate surface area is 87.5 Å². The average molecular weight is 211 g/mol. The van der Waals surface area contributed by atoms with Crippen molar-refractivity contribution in [1.29, 1.82) is 0 Å². The van der Waals surface area contributed by atoms with E-state index in [4.69, 9.17) is 11.6 Å². The van der Waals surface area contributed by atoms with Gasteiger partial charge in [0.15, 0.2) is 6.29 Å². The number of hydrogen-bond donors (Lipinski definition) is 1. The summed E-state index contributed by atoms with van der Waals surface area (Å²) in [5, 5.41) is 0.499. The molecule has 0 atom stereocenters. The highest BCUT2D eigenvalue weighted by Crippen LogP contribution is 2.17. The quantitative estimate of drug-likeness (QED) is 0.428. The zero-order chi connectivity index (χ0) is 9.68. The van der Waals surface area contributed by atoms with E-state index < -0.39 is 0 Å². The number of carbonyl (C=O) groups is 1. The van der Waals surface area contributed by atoms with Crippen molar-refractivity contribution < 1.29 is 4.79 Å². The van der Waals surface area contributed by atoms with Crippen molar-refractivity contribution in [1.82, 2.24) is 0 Å². The van der Waals surface area contributed by atoms with Crippen molar-refractivity contribution in [3.05, 3.63) is 34.3 Å². The Kier molecular flexibility index (Phi) is 3.88. The lowest BCUT2D eigenvalue weighted by atomic mass is 10.1. The minimum atomic E-state index is 0.448. The summed E-state index contributed by atoms with van der Waals surface area (Å²) in [6, 6.07) is 5.11. The molecule has 0 aliphatic carbocycles. The van der Waals surface area contributed by atoms with Gasteiger partial charge in [0.05, 0.1) is 16.3 Å². The molecule has 3 heteroatoms. The van der Waals surface area contributed by atoms with Crippen LogP contribution in [0.4, 0.5) is 0 Å². The summed E-state index contributed by atoms with van der Waals surface area (Å²) < 4.78 is 0. The molecule has 0 bridgehead atoms. The predicted molar refractivity (Wildman–Crippen MR) is 57.6 cm³/mol. The molecule has 0 aliphatic rings. The highest BCUT2D eigenvalue weighted by atomic mass is 35.5. The Bertz CT molecular complexity index is 376. The largest absolute Gasteiger partial charge is 0.298 e. The molecular weight excluding hydrogens is 204 g/mol. The first-order valence-corrected chi connectivity index (χ1v) is 4.64. The SMILES string of the molecule is O=Cc1cccc(Cl)c1C#CCS. The van der Waals surface area contributed by atoms with Gasteiger partial charge in [-0.2, -0.15) is 12.6 Å². The lowest BCUT2D eigenvalue weighted by molar-refractivity contribution is 0.112. The normalized spacial score (nSPS) is 8.77. The number of thiol groups is 1. The van der Waals surface area contributed by atoms with Crippen LogP contribution in [0.5, 0.6) is 0 Å². The summed E-state index contributed by atoms with van der Waals surface area (Å²) in [6.07, 6.45) is 0.744. The number of hydrogen-bond acceptors (Lipinski definition) is 2. The second-order valence-corrected chi connectivity index (χ2v) is 3.01. The van der Waals surface area contributed by atoms with Crippen LogP contribution < -0.4 is 0 Å². The second kappa shape index (κ2) is 4.96. The fourth-order valence-corrected chi connectivity index (χ4v) is 1.21. The molecule has 0 saturated carbocycles. The van der Waals surface area contributed by atoms with Crippen LogP contribution in [0.15, 0.2) is 18.2 Å². The van der Waals surface area contributed by atoms with Gasteiger partial charge in [0.2, 0.25) is 0 Å². The molecule has 0 amide bonds. The van der Waals surface area contributed by atoms with Gasteiger partial charge in [-0.1, -0.05) is 35.6 Å². The Morgan fingerprint density at radius 2 is 2.31 bits per heavy atom. The van der Waals surface area contributed by atoms with Crippen LogP contribution in [0.3, 0.4) is 0 Å². The standard InChI is InChI=1S/C10H7ClOS/c11-10-5-1-3-8(7-12)9(10)4-2-6-13/h1,3,5,7,13H,6H2. The number of halogens is 1. The van der Waals surface area contributed by atoms with Gasteiger partial charge in [0.1, 0.15) is 0 Å². The van der Waals surface area contributed by atoms with E-state index in [0.29, 0.717) is 21.9 Å². The summed E-state index contributed by atoms with van der Waals surface area (Å²) in [7, 11) is 0. The van der Waals surface area contributed by atoms with E-state index in [2.05, 4.69) is 24.5 Å². The number of aldehydes is 1. The third-order valence-electron chi connectivity index (χ3n) is 1.47. The van der Waals surface area contributed by atoms with E-state index in [1.165, 1.54) is 0 Å². The molecule has 13 heavy (non-hydrogen) atoms. The lowest BCUT2D eigenvalue weighted by Crippen LogP contribution is -1.87. The highest BCUT2D eigenvalue weighted by Gasteiger charge is 2.01. The van der Waals surface area contributed by atoms with Crippen molar-refractivity contribution in [3.8, 4) is 11.8 Å². The molecule has 0 spiro atoms. The number of carbonyl (C=O) groups excluding carboxylic acids is 1. The molecule has 0 aromatic heterocycles. The summed E-state index contributed by atoms with van der Waals surface area (Å²) in [5.74, 6) is 5.99. The summed E-state index contributed by atoms with van der Waals surface area (Å²) >= 11 is 9.80. The van der Waals surface area contributed by atoms with E-state index >= 15 is 0 Å². The van der Waals surface area contributed by atoms with Gasteiger partial charge in [-0.25, -0.2) is 0 Å². The number of benzene rings is 1. The predicted octanol–water partition coefficient (Wildman–Crippen LogP) is 2.43. The highest BCUT2D eigenvalue weighted by molar-refractivity contribution is 7.80. The first-order valence-electron chi connectivity index (χ1n) is 3.63. The first-order chi connectivity index (χ1) is 6.29. The van der Waals surface area contributed by atoms with E-state index in [1.807, 2.05) is 0 Å². The Morgan fingerprint density at radius 1 is 1.54 bits per heavy atom. The number of rotatable bonds is 1. The Hall–Kier alpha value is -0.910. The average Bonchev–Trinajstić information content (AvgIpc) is 2.15. The maximum Gasteiger partial charge on any atom is 0.151 e. The molecule has 1 rings (SSSR count). The van der Waals surface area contributed by atoms with E-state index in [0.717, 1.165) is 6.29 Å². The molecule has 0 saturated heterocycles. The van der Waals surface area contributed by atoms with Crippen LogP contribution >= 0.6 is 24.2 Å². The van der Waals surface area contributed by atoms with Gasteiger partial charge in [0, 0.05) is 5.56 Å². The monoisotopic (exact) mass is 210 g/mol. The molecule has 0 aliphatic heterocycles. The summed E-state index contributed by atoms with van der Waals surface area (Å²) in [5.41, 5.74) is 1.09. The zero-order valence-electron chi connectivity index (χ0n) is 6.75. The van der Waals surface area contributed by atoms with Crippen molar-refractivity contribution in [2.24, 2.45) is 0 Å². The summed E-state index contributed by atoms with van der Waals surface area (Å²) in [4.78, 5) is 10.6. The minimum absolute atomic E-state index is 0.448. The lowest BCUT2D eigenvalue weighted by Gasteiger charge is -1.97. The fraction of sp³-hybridized carbons (Fsp3) is 0.100. The van der Waals surface area contributed by atoms with E-state index in [1.54, 1.807) is 18.2 Å². The van der Waals surface area contributed by atoms with Gasteiger partial charge in [-0.05, 0) is 6.07 Å². The van der Waals surface area contributed by atoms with E-state index in [-0.39, 0.29) is 0 Å². The maximum atomic E-state index is 10.6. The van der Waals surface area contributed by atoms with Gasteiger partial charge >= 0.3 is 0 Å². The van der Waals surface area contributed by atoms with Crippen LogP contribution in [0.2, 0.25) is 5.02 Å². The van der Waals surface area contributed by atoms with Crippen LogP contribution in [0.25, 0.3) is 0 Å². The van der Waals surface area contributed by atoms with Gasteiger partial charge in [0.25, 0.3) is 0 Å². The molecule has 1 aromatic rings. The first kappa shape index (κ1) is 10.2. The van der Waals surface area contributed by atoms with Crippen LogP contribution in [0, 0.1) is 11.8 Å². The fourth-order valence-electron chi connectivity index (χ4n) is 0.899. The molecule has 1 nitrogen and oxygen atoms in total. The van der Waals surface area contributed by atoms with Crippen LogP contribution in [-0.2, 0) is 0 Å². The molecular formula is C10H7ClOS. The second-order valence-electron chi connectivity index (χ2n) is 2.28. The smallest absolute Gasteiger partial charge is 0.151 e. The molecule has 0 fully saturated rings. The zero-order valence-corrected chi connectivity index (χ0v) is 8.40. The Balaban J connectivity index is 3.22. The Morgan fingerprint density at radius 3 is 2.92 bits per heavy atom. The summed E-state index contributed by atoms with van der Waals surface area (Å²) in [6.45, 7) is 0. The molecule has 0 N–H and O–H groups in total. The molecule has 0 radical (unpaired) electrons. The molecule has 0 unspecified atom stereocenters. The van der Waals surface area contributed by atoms with Crippen molar-refractivity contribution in [2.75, 3.05) is 5.75 Å². The molecule has 0 heterocycles. The topological polar surface area (TPSA) is 17.1 Å². The van der Waals surface area contributed by atoms with E-state index in [9.17, 15) is 4.79 Å². The third-order valence-corrected chi connectivity index (χ3v) is 1.94. The van der Waals surface area contributed by atoms with Gasteiger partial charge < -0.3 is 0 Å². The molecule has 66 valence electrons. The van der Waals surface area contributed by atoms with Gasteiger partial charge in [-0.3, -0.25) is 4.79 Å². The molecule has 1 aromatic carbocycles. The van der Waals surface area contributed by atoms with Crippen LogP contribution in [0.1, 0.15) is 15.9 Å². The maximum absolute atomic E-state index is 10.6. The minimum Gasteiger partial charge on any atom is -0.298 e. The van der Waals surface area contributed by atoms with Crippen LogP contribution in [-0.4, -0.2) is 12.0 Å². The van der Waals surface area contributed by atoms with Gasteiger partial charge in [-0.15, -0.1) is 0 Å². The van der Waals surface area contributed by atoms with Crippen molar-refractivity contribution >= 4 is 30.5 Å².